The highest BCUT2D eigenvalue weighted by atomic mass is 16.3. The molecule has 0 unspecified atom stereocenters. The molecular weight excluding hydrogens is 585 g/mol. The Hall–Kier alpha value is -6.38. The highest BCUT2D eigenvalue weighted by Gasteiger charge is 2.25. The van der Waals surface area contributed by atoms with Crippen molar-refractivity contribution in [2.45, 2.75) is 0 Å². The van der Waals surface area contributed by atoms with Crippen LogP contribution in [0.3, 0.4) is 0 Å². The maximum atomic E-state index is 7.08. The third-order valence-electron chi connectivity index (χ3n) is 9.69. The number of hydrogen-bond donors (Lipinski definition) is 0. The lowest BCUT2D eigenvalue weighted by Gasteiger charge is -2.19. The van der Waals surface area contributed by atoms with E-state index in [1.54, 1.807) is 0 Å². The molecule has 0 aliphatic heterocycles. The molecule has 0 bridgehead atoms. The van der Waals surface area contributed by atoms with Gasteiger partial charge in [0.05, 0.1) is 0 Å². The van der Waals surface area contributed by atoms with Crippen molar-refractivity contribution in [3.63, 3.8) is 0 Å². The van der Waals surface area contributed by atoms with Crippen molar-refractivity contribution in [2.24, 2.45) is 0 Å². The molecule has 48 heavy (non-hydrogen) atoms. The Balaban J connectivity index is 1.34. The molecule has 0 amide bonds. The number of rotatable bonds is 4. The van der Waals surface area contributed by atoms with Gasteiger partial charge in [-0.25, -0.2) is 0 Å². The quantitative estimate of drug-likeness (QED) is 0.185. The average Bonchev–Trinajstić information content (AvgIpc) is 3.71. The zero-order valence-electron chi connectivity index (χ0n) is 26.0. The predicted molar refractivity (Wildman–Crippen MR) is 200 cm³/mol. The fraction of sp³-hybridized carbons (Fsp3) is 0. The Morgan fingerprint density at radius 1 is 0.271 bits per heavy atom. The first kappa shape index (κ1) is 26.8. The first-order chi connectivity index (χ1) is 23.8. The molecule has 0 aliphatic carbocycles. The summed E-state index contributed by atoms with van der Waals surface area (Å²) in [5, 5.41) is 7.86. The Morgan fingerprint density at radius 3 is 1.42 bits per heavy atom. The minimum atomic E-state index is 0.842. The van der Waals surface area contributed by atoms with Crippen molar-refractivity contribution in [3.8, 4) is 44.7 Å². The van der Waals surface area contributed by atoms with Gasteiger partial charge in [0.15, 0.2) is 0 Å². The van der Waals surface area contributed by atoms with Crippen LogP contribution in [0.4, 0.5) is 0 Å². The second kappa shape index (κ2) is 10.6. The Kier molecular flexibility index (Phi) is 5.91. The van der Waals surface area contributed by atoms with Crippen LogP contribution in [0.5, 0.6) is 0 Å². The maximum absolute atomic E-state index is 7.08. The van der Waals surface area contributed by atoms with E-state index in [9.17, 15) is 0 Å². The van der Waals surface area contributed by atoms with Gasteiger partial charge in [0, 0.05) is 27.3 Å². The van der Waals surface area contributed by atoms with E-state index in [-0.39, 0.29) is 0 Å². The van der Waals surface area contributed by atoms with E-state index in [1.807, 2.05) is 12.1 Å². The van der Waals surface area contributed by atoms with Crippen molar-refractivity contribution in [1.29, 1.82) is 0 Å². The molecule has 0 aliphatic rings. The Labute approximate surface area is 277 Å². The van der Waals surface area contributed by atoms with Gasteiger partial charge in [-0.05, 0) is 67.6 Å². The van der Waals surface area contributed by atoms with E-state index in [4.69, 9.17) is 8.83 Å². The summed E-state index contributed by atoms with van der Waals surface area (Å²) < 4.78 is 13.5. The number of para-hydroxylation sites is 1. The van der Waals surface area contributed by atoms with Crippen LogP contribution in [0.2, 0.25) is 0 Å². The molecule has 0 saturated heterocycles. The summed E-state index contributed by atoms with van der Waals surface area (Å²) >= 11 is 0. The van der Waals surface area contributed by atoms with Crippen LogP contribution in [-0.4, -0.2) is 0 Å². The molecule has 2 nitrogen and oxygen atoms in total. The zero-order valence-corrected chi connectivity index (χ0v) is 26.0. The molecule has 0 spiro atoms. The first-order valence-electron chi connectivity index (χ1n) is 16.4. The zero-order chi connectivity index (χ0) is 31.6. The van der Waals surface area contributed by atoms with E-state index in [0.717, 1.165) is 66.1 Å². The highest BCUT2D eigenvalue weighted by Crippen LogP contribution is 2.50. The van der Waals surface area contributed by atoms with Gasteiger partial charge in [0.2, 0.25) is 0 Å². The summed E-state index contributed by atoms with van der Waals surface area (Å²) in [6.07, 6.45) is 0. The summed E-state index contributed by atoms with van der Waals surface area (Å²) in [4.78, 5) is 0. The SMILES string of the molecule is c1ccc(-c2ccccc2-c2c3ccccc3c(-c3oc4cc5c(cc4c3-c3ccccc3)oc3ccccc35)c3ccccc23)cc1. The topological polar surface area (TPSA) is 26.3 Å². The molecule has 224 valence electrons. The summed E-state index contributed by atoms with van der Waals surface area (Å²) in [5.41, 5.74) is 10.7. The van der Waals surface area contributed by atoms with Crippen LogP contribution in [0, 0.1) is 0 Å². The second-order valence-electron chi connectivity index (χ2n) is 12.4. The van der Waals surface area contributed by atoms with Crippen molar-refractivity contribution in [3.05, 3.63) is 170 Å². The third-order valence-corrected chi connectivity index (χ3v) is 9.69. The van der Waals surface area contributed by atoms with Gasteiger partial charge in [-0.3, -0.25) is 0 Å². The molecule has 2 aromatic heterocycles. The molecule has 10 aromatic rings. The second-order valence-corrected chi connectivity index (χ2v) is 12.4. The standard InChI is InChI=1S/C46H28O2/c1-3-15-29(16-4-1)31-19-7-8-21-33(31)44-34-22-9-11-24-36(34)45(37-25-12-10-23-35(37)44)46-43(30-17-5-2-6-18-30)39-28-41-38(27-42(39)48-46)32-20-13-14-26-40(32)47-41/h1-28H. The minimum Gasteiger partial charge on any atom is -0.456 e. The first-order valence-corrected chi connectivity index (χ1v) is 16.4. The lowest BCUT2D eigenvalue weighted by molar-refractivity contribution is 0.633. The van der Waals surface area contributed by atoms with Crippen LogP contribution in [0.1, 0.15) is 0 Å². The largest absolute Gasteiger partial charge is 0.456 e. The Bertz CT molecular complexity index is 2760. The van der Waals surface area contributed by atoms with E-state index >= 15 is 0 Å². The Morgan fingerprint density at radius 2 is 0.750 bits per heavy atom. The fourth-order valence-electron chi connectivity index (χ4n) is 7.62. The molecule has 0 N–H and O–H groups in total. The smallest absolute Gasteiger partial charge is 0.144 e. The van der Waals surface area contributed by atoms with Crippen molar-refractivity contribution in [1.82, 2.24) is 0 Å². The summed E-state index contributed by atoms with van der Waals surface area (Å²) in [5.74, 6) is 0.864. The van der Waals surface area contributed by atoms with Gasteiger partial charge in [0.1, 0.15) is 22.5 Å². The van der Waals surface area contributed by atoms with Crippen LogP contribution in [-0.2, 0) is 0 Å². The molecule has 0 fully saturated rings. The van der Waals surface area contributed by atoms with Crippen LogP contribution < -0.4 is 0 Å². The van der Waals surface area contributed by atoms with Crippen molar-refractivity contribution >= 4 is 54.5 Å². The summed E-state index contributed by atoms with van der Waals surface area (Å²) in [6.45, 7) is 0. The van der Waals surface area contributed by atoms with Crippen LogP contribution in [0.15, 0.2) is 179 Å². The van der Waals surface area contributed by atoms with Gasteiger partial charge in [-0.1, -0.05) is 152 Å². The average molecular weight is 613 g/mol. The molecule has 0 atom stereocenters. The summed E-state index contributed by atoms with van der Waals surface area (Å²) in [7, 11) is 0. The maximum Gasteiger partial charge on any atom is 0.144 e. The van der Waals surface area contributed by atoms with Gasteiger partial charge < -0.3 is 8.83 Å². The van der Waals surface area contributed by atoms with Gasteiger partial charge in [-0.2, -0.15) is 0 Å². The van der Waals surface area contributed by atoms with Crippen molar-refractivity contribution < 1.29 is 8.83 Å². The normalized spacial score (nSPS) is 11.8. The number of benzene rings is 8. The van der Waals surface area contributed by atoms with Gasteiger partial charge >= 0.3 is 0 Å². The molecule has 2 heteroatoms. The molecule has 8 aromatic carbocycles. The summed E-state index contributed by atoms with van der Waals surface area (Å²) in [6, 6.07) is 60.1. The van der Waals surface area contributed by atoms with Crippen molar-refractivity contribution in [2.75, 3.05) is 0 Å². The van der Waals surface area contributed by atoms with E-state index in [2.05, 4.69) is 158 Å². The fourth-order valence-corrected chi connectivity index (χ4v) is 7.62. The lowest BCUT2D eigenvalue weighted by atomic mass is 9.84. The predicted octanol–water partition coefficient (Wildman–Crippen LogP) is 13.3. The van der Waals surface area contributed by atoms with E-state index < -0.39 is 0 Å². The third kappa shape index (κ3) is 4.00. The molecule has 0 radical (unpaired) electrons. The molecular formula is C46H28O2. The molecule has 10 rings (SSSR count). The van der Waals surface area contributed by atoms with Crippen LogP contribution in [0.25, 0.3) is 99.2 Å². The molecule has 0 saturated carbocycles. The monoisotopic (exact) mass is 612 g/mol. The van der Waals surface area contributed by atoms with Gasteiger partial charge in [0.25, 0.3) is 0 Å². The van der Waals surface area contributed by atoms with Gasteiger partial charge in [-0.15, -0.1) is 0 Å². The lowest BCUT2D eigenvalue weighted by Crippen LogP contribution is -1.93. The van der Waals surface area contributed by atoms with E-state index in [1.165, 1.54) is 33.0 Å². The van der Waals surface area contributed by atoms with Crippen LogP contribution >= 0.6 is 0 Å². The minimum absolute atomic E-state index is 0.842. The highest BCUT2D eigenvalue weighted by molar-refractivity contribution is 6.24. The number of fused-ring (bicyclic) bond motifs is 6. The molecule has 2 heterocycles. The number of furan rings is 2. The number of hydrogen-bond acceptors (Lipinski definition) is 2. The van der Waals surface area contributed by atoms with E-state index in [0.29, 0.717) is 0 Å².